The summed E-state index contributed by atoms with van der Waals surface area (Å²) in [6.07, 6.45) is 3.87. The Morgan fingerprint density at radius 2 is 1.72 bits per heavy atom. The van der Waals surface area contributed by atoms with E-state index in [2.05, 4.69) is 69.7 Å². The Kier molecular flexibility index (Phi) is 5.69. The first kappa shape index (κ1) is 19.7. The van der Waals surface area contributed by atoms with Crippen molar-refractivity contribution in [3.63, 3.8) is 0 Å². The van der Waals surface area contributed by atoms with Crippen molar-refractivity contribution in [3.8, 4) is 11.1 Å². The van der Waals surface area contributed by atoms with Crippen LogP contribution in [-0.2, 0) is 0 Å². The standard InChI is InChI=1S/C23H26ClN5/c1-15-3-4-19(13-20(15)28-23-21(25)22(24)26-14-27-23)17-7-5-16(6-8-17)18-9-11-29(2)12-10-18/h3-8,13-14,18H,9-12,25H2,1-2H3,(H,26,27,28). The van der Waals surface area contributed by atoms with Crippen molar-refractivity contribution in [1.82, 2.24) is 14.9 Å². The van der Waals surface area contributed by atoms with E-state index in [9.17, 15) is 0 Å². The highest BCUT2D eigenvalue weighted by Gasteiger charge is 2.18. The van der Waals surface area contributed by atoms with Crippen LogP contribution in [0.4, 0.5) is 17.2 Å². The maximum Gasteiger partial charge on any atom is 0.158 e. The molecule has 0 atom stereocenters. The summed E-state index contributed by atoms with van der Waals surface area (Å²) >= 11 is 6.02. The van der Waals surface area contributed by atoms with Gasteiger partial charge in [0, 0.05) is 5.69 Å². The lowest BCUT2D eigenvalue weighted by molar-refractivity contribution is 0.255. The van der Waals surface area contributed by atoms with E-state index in [-0.39, 0.29) is 5.15 Å². The van der Waals surface area contributed by atoms with Crippen LogP contribution in [0.15, 0.2) is 48.8 Å². The number of aromatic nitrogens is 2. The molecule has 150 valence electrons. The van der Waals surface area contributed by atoms with Crippen LogP contribution in [0.1, 0.15) is 29.9 Å². The zero-order valence-corrected chi connectivity index (χ0v) is 17.6. The average molecular weight is 408 g/mol. The van der Waals surface area contributed by atoms with Crippen molar-refractivity contribution >= 4 is 28.8 Å². The maximum atomic E-state index is 6.02. The smallest absolute Gasteiger partial charge is 0.158 e. The largest absolute Gasteiger partial charge is 0.393 e. The fraction of sp³-hybridized carbons (Fsp3) is 0.304. The Hall–Kier alpha value is -2.63. The molecule has 0 bridgehead atoms. The van der Waals surface area contributed by atoms with Crippen LogP contribution in [0, 0.1) is 6.92 Å². The van der Waals surface area contributed by atoms with Crippen LogP contribution in [0.25, 0.3) is 11.1 Å². The van der Waals surface area contributed by atoms with Gasteiger partial charge in [-0.15, -0.1) is 0 Å². The van der Waals surface area contributed by atoms with Crippen molar-refractivity contribution < 1.29 is 0 Å². The molecule has 0 unspecified atom stereocenters. The lowest BCUT2D eigenvalue weighted by Gasteiger charge is -2.29. The highest BCUT2D eigenvalue weighted by atomic mass is 35.5. The van der Waals surface area contributed by atoms with Gasteiger partial charge in [-0.1, -0.05) is 48.0 Å². The first-order valence-electron chi connectivity index (χ1n) is 9.94. The summed E-state index contributed by atoms with van der Waals surface area (Å²) in [5.41, 5.74) is 12.2. The van der Waals surface area contributed by atoms with Crippen molar-refractivity contribution in [2.75, 3.05) is 31.2 Å². The van der Waals surface area contributed by atoms with E-state index in [1.807, 2.05) is 6.92 Å². The number of benzene rings is 2. The van der Waals surface area contributed by atoms with Crippen molar-refractivity contribution in [2.45, 2.75) is 25.7 Å². The molecular formula is C23H26ClN5. The zero-order chi connectivity index (χ0) is 20.4. The van der Waals surface area contributed by atoms with E-state index in [0.29, 0.717) is 17.4 Å². The third-order valence-corrected chi connectivity index (χ3v) is 6.06. The molecule has 1 saturated heterocycles. The third kappa shape index (κ3) is 4.36. The van der Waals surface area contributed by atoms with Gasteiger partial charge in [0.15, 0.2) is 11.0 Å². The Morgan fingerprint density at radius 1 is 1.03 bits per heavy atom. The number of nitrogens with one attached hydrogen (secondary N) is 1. The van der Waals surface area contributed by atoms with Gasteiger partial charge < -0.3 is 16.0 Å². The van der Waals surface area contributed by atoms with Crippen LogP contribution in [-0.4, -0.2) is 35.0 Å². The topological polar surface area (TPSA) is 67.1 Å². The summed E-state index contributed by atoms with van der Waals surface area (Å²) in [4.78, 5) is 10.5. The number of aryl methyl sites for hydroxylation is 1. The predicted molar refractivity (Wildman–Crippen MR) is 121 cm³/mol. The van der Waals surface area contributed by atoms with E-state index in [1.165, 1.54) is 43.4 Å². The van der Waals surface area contributed by atoms with Crippen LogP contribution in [0.3, 0.4) is 0 Å². The molecule has 0 amide bonds. The average Bonchev–Trinajstić information content (AvgIpc) is 2.74. The number of hydrogen-bond donors (Lipinski definition) is 2. The second-order valence-corrected chi connectivity index (χ2v) is 8.14. The molecule has 3 aromatic rings. The predicted octanol–water partition coefficient (Wildman–Crippen LogP) is 5.24. The van der Waals surface area contributed by atoms with Gasteiger partial charge in [-0.2, -0.15) is 0 Å². The molecule has 6 heteroatoms. The van der Waals surface area contributed by atoms with E-state index < -0.39 is 0 Å². The second-order valence-electron chi connectivity index (χ2n) is 7.78. The van der Waals surface area contributed by atoms with Gasteiger partial charge in [0.2, 0.25) is 0 Å². The number of nitrogens with two attached hydrogens (primary N) is 1. The molecule has 0 aliphatic carbocycles. The molecule has 2 aromatic carbocycles. The van der Waals surface area contributed by atoms with E-state index >= 15 is 0 Å². The monoisotopic (exact) mass is 407 g/mol. The van der Waals surface area contributed by atoms with Crippen LogP contribution >= 0.6 is 11.6 Å². The number of hydrogen-bond acceptors (Lipinski definition) is 5. The molecule has 29 heavy (non-hydrogen) atoms. The summed E-state index contributed by atoms with van der Waals surface area (Å²) in [7, 11) is 2.20. The Balaban J connectivity index is 1.56. The van der Waals surface area contributed by atoms with E-state index in [1.54, 1.807) is 0 Å². The number of piperidine rings is 1. The van der Waals surface area contributed by atoms with Crippen molar-refractivity contribution in [3.05, 3.63) is 65.1 Å². The van der Waals surface area contributed by atoms with Crippen LogP contribution < -0.4 is 11.1 Å². The summed E-state index contributed by atoms with van der Waals surface area (Å²) in [5.74, 6) is 1.18. The lowest BCUT2D eigenvalue weighted by atomic mass is 9.88. The molecule has 3 N–H and O–H groups in total. The van der Waals surface area contributed by atoms with Gasteiger partial charge in [0.05, 0.1) is 0 Å². The van der Waals surface area contributed by atoms with Gasteiger partial charge in [-0.05, 0) is 74.1 Å². The van der Waals surface area contributed by atoms with Gasteiger partial charge in [0.1, 0.15) is 12.0 Å². The summed E-state index contributed by atoms with van der Waals surface area (Å²) in [6, 6.07) is 15.4. The molecule has 0 spiro atoms. The third-order valence-electron chi connectivity index (χ3n) is 5.76. The summed E-state index contributed by atoms with van der Waals surface area (Å²) < 4.78 is 0. The van der Waals surface area contributed by atoms with Gasteiger partial charge in [-0.25, -0.2) is 9.97 Å². The number of halogens is 1. The number of nitrogen functional groups attached to an aromatic ring is 1. The van der Waals surface area contributed by atoms with E-state index in [0.717, 1.165) is 16.8 Å². The molecule has 4 rings (SSSR count). The highest BCUT2D eigenvalue weighted by molar-refractivity contribution is 6.32. The second kappa shape index (κ2) is 8.39. The maximum absolute atomic E-state index is 6.02. The SMILES string of the molecule is Cc1ccc(-c2ccc(C3CCN(C)CC3)cc2)cc1Nc1ncnc(Cl)c1N. The molecule has 0 saturated carbocycles. The first-order valence-corrected chi connectivity index (χ1v) is 10.3. The Labute approximate surface area is 176 Å². The zero-order valence-electron chi connectivity index (χ0n) is 16.8. The normalized spacial score (nSPS) is 15.4. The minimum atomic E-state index is 0.251. The Bertz CT molecular complexity index is 995. The first-order chi connectivity index (χ1) is 14.0. The quantitative estimate of drug-likeness (QED) is 0.579. The van der Waals surface area contributed by atoms with E-state index in [4.69, 9.17) is 17.3 Å². The van der Waals surface area contributed by atoms with Gasteiger partial charge in [0.25, 0.3) is 0 Å². The number of likely N-dealkylation sites (tertiary alicyclic amines) is 1. The minimum absolute atomic E-state index is 0.251. The van der Waals surface area contributed by atoms with Crippen molar-refractivity contribution in [1.29, 1.82) is 0 Å². The van der Waals surface area contributed by atoms with Crippen molar-refractivity contribution in [2.24, 2.45) is 0 Å². The number of nitrogens with zero attached hydrogens (tertiary/aromatic N) is 3. The molecule has 1 aromatic heterocycles. The fourth-order valence-electron chi connectivity index (χ4n) is 3.83. The molecule has 1 aliphatic heterocycles. The molecular weight excluding hydrogens is 382 g/mol. The van der Waals surface area contributed by atoms with Crippen LogP contribution in [0.2, 0.25) is 5.15 Å². The molecule has 1 aliphatic rings. The Morgan fingerprint density at radius 3 is 2.45 bits per heavy atom. The number of rotatable bonds is 4. The highest BCUT2D eigenvalue weighted by Crippen LogP contribution is 2.32. The summed E-state index contributed by atoms with van der Waals surface area (Å²) in [5, 5.41) is 3.54. The van der Waals surface area contributed by atoms with Gasteiger partial charge in [-0.3, -0.25) is 0 Å². The lowest BCUT2D eigenvalue weighted by Crippen LogP contribution is -2.29. The fourth-order valence-corrected chi connectivity index (χ4v) is 3.96. The summed E-state index contributed by atoms with van der Waals surface area (Å²) in [6.45, 7) is 4.40. The molecule has 2 heterocycles. The van der Waals surface area contributed by atoms with Gasteiger partial charge >= 0.3 is 0 Å². The number of anilines is 3. The molecule has 0 radical (unpaired) electrons. The minimum Gasteiger partial charge on any atom is -0.393 e. The molecule has 1 fully saturated rings. The van der Waals surface area contributed by atoms with Crippen LogP contribution in [0.5, 0.6) is 0 Å². The molecule has 5 nitrogen and oxygen atoms in total.